The van der Waals surface area contributed by atoms with Crippen LogP contribution in [0.2, 0.25) is 0 Å². The van der Waals surface area contributed by atoms with Gasteiger partial charge in [0.05, 0.1) is 5.88 Å². The number of H-pyrrole nitrogens is 1. The summed E-state index contributed by atoms with van der Waals surface area (Å²) in [6, 6.07) is 0. The summed E-state index contributed by atoms with van der Waals surface area (Å²) in [5.74, 6) is 1.71. The van der Waals surface area contributed by atoms with Crippen molar-refractivity contribution in [2.75, 3.05) is 6.61 Å². The predicted molar refractivity (Wildman–Crippen MR) is 55.2 cm³/mol. The van der Waals surface area contributed by atoms with E-state index in [1.807, 2.05) is 20.8 Å². The van der Waals surface area contributed by atoms with Gasteiger partial charge in [-0.25, -0.2) is 4.98 Å². The summed E-state index contributed by atoms with van der Waals surface area (Å²) in [4.78, 5) is 4.27. The molecule has 5 heteroatoms. The Labute approximate surface area is 89.0 Å². The number of nitrogens with zero attached hydrogens (tertiary/aromatic N) is 2. The Morgan fingerprint density at radius 3 is 2.64 bits per heavy atom. The minimum Gasteiger partial charge on any atom is -0.368 e. The molecule has 1 heterocycles. The molecule has 1 unspecified atom stereocenters. The lowest BCUT2D eigenvalue weighted by atomic mass is 10.0. The van der Waals surface area contributed by atoms with Crippen molar-refractivity contribution in [3.8, 4) is 0 Å². The van der Waals surface area contributed by atoms with E-state index in [0.717, 1.165) is 6.42 Å². The Morgan fingerprint density at radius 2 is 2.21 bits per heavy atom. The fraction of sp³-hybridized carbons (Fsp3) is 0.778. The number of rotatable bonds is 5. The van der Waals surface area contributed by atoms with E-state index in [4.69, 9.17) is 16.3 Å². The molecule has 1 rings (SSSR count). The van der Waals surface area contributed by atoms with Crippen LogP contribution in [-0.2, 0) is 16.2 Å². The molecule has 0 amide bonds. The van der Waals surface area contributed by atoms with Crippen LogP contribution in [-0.4, -0.2) is 21.8 Å². The number of aromatic nitrogens is 3. The van der Waals surface area contributed by atoms with Crippen molar-refractivity contribution in [2.24, 2.45) is 0 Å². The van der Waals surface area contributed by atoms with Crippen molar-refractivity contribution in [3.63, 3.8) is 0 Å². The standard InChI is InChI=1S/C9H16ClN3O/c1-4-9(3,14-5-2)8-11-7(6-10)12-13-8/h4-6H2,1-3H3,(H,11,12,13). The van der Waals surface area contributed by atoms with Crippen LogP contribution in [0.4, 0.5) is 0 Å². The third kappa shape index (κ3) is 2.25. The Morgan fingerprint density at radius 1 is 1.50 bits per heavy atom. The lowest BCUT2D eigenvalue weighted by Gasteiger charge is -2.24. The molecule has 0 aliphatic rings. The van der Waals surface area contributed by atoms with Gasteiger partial charge in [-0.15, -0.1) is 11.6 Å². The lowest BCUT2D eigenvalue weighted by molar-refractivity contribution is -0.0388. The highest BCUT2D eigenvalue weighted by Gasteiger charge is 2.29. The smallest absolute Gasteiger partial charge is 0.182 e. The van der Waals surface area contributed by atoms with E-state index < -0.39 is 5.60 Å². The number of halogens is 1. The molecule has 1 N–H and O–H groups in total. The van der Waals surface area contributed by atoms with Crippen LogP contribution in [0.1, 0.15) is 38.8 Å². The van der Waals surface area contributed by atoms with Crippen molar-refractivity contribution < 1.29 is 4.74 Å². The summed E-state index contributed by atoms with van der Waals surface area (Å²) < 4.78 is 5.63. The molecule has 0 radical (unpaired) electrons. The van der Waals surface area contributed by atoms with E-state index in [9.17, 15) is 0 Å². The normalized spacial score (nSPS) is 15.4. The van der Waals surface area contributed by atoms with Gasteiger partial charge in [0.15, 0.2) is 5.82 Å². The maximum Gasteiger partial charge on any atom is 0.182 e. The third-order valence-corrected chi connectivity index (χ3v) is 2.52. The van der Waals surface area contributed by atoms with Crippen LogP contribution in [0.15, 0.2) is 0 Å². The van der Waals surface area contributed by atoms with E-state index in [0.29, 0.717) is 24.1 Å². The van der Waals surface area contributed by atoms with Crippen LogP contribution in [0.3, 0.4) is 0 Å². The van der Waals surface area contributed by atoms with Crippen molar-refractivity contribution >= 4 is 11.6 Å². The highest BCUT2D eigenvalue weighted by Crippen LogP contribution is 2.25. The van der Waals surface area contributed by atoms with Gasteiger partial charge in [0, 0.05) is 6.61 Å². The Hall–Kier alpha value is -0.610. The van der Waals surface area contributed by atoms with Gasteiger partial charge < -0.3 is 4.74 Å². The largest absolute Gasteiger partial charge is 0.368 e. The molecule has 0 fully saturated rings. The van der Waals surface area contributed by atoms with Crippen LogP contribution in [0.5, 0.6) is 0 Å². The van der Waals surface area contributed by atoms with E-state index >= 15 is 0 Å². The van der Waals surface area contributed by atoms with Gasteiger partial charge in [-0.1, -0.05) is 6.92 Å². The molecule has 0 saturated heterocycles. The van der Waals surface area contributed by atoms with E-state index in [1.54, 1.807) is 0 Å². The number of aromatic amines is 1. The zero-order chi connectivity index (χ0) is 10.6. The van der Waals surface area contributed by atoms with Gasteiger partial charge in [0.1, 0.15) is 11.4 Å². The molecule has 0 aliphatic carbocycles. The second-order valence-electron chi connectivity index (χ2n) is 3.26. The van der Waals surface area contributed by atoms with Gasteiger partial charge in [-0.05, 0) is 20.3 Å². The zero-order valence-electron chi connectivity index (χ0n) is 8.80. The molecule has 80 valence electrons. The minimum atomic E-state index is -0.407. The second kappa shape index (κ2) is 4.75. The van der Waals surface area contributed by atoms with Crippen LogP contribution < -0.4 is 0 Å². The summed E-state index contributed by atoms with van der Waals surface area (Å²) in [6.07, 6.45) is 0.834. The number of hydrogen-bond acceptors (Lipinski definition) is 3. The maximum atomic E-state index is 5.64. The first kappa shape index (κ1) is 11.5. The number of hydrogen-bond donors (Lipinski definition) is 1. The third-order valence-electron chi connectivity index (χ3n) is 2.27. The fourth-order valence-electron chi connectivity index (χ4n) is 1.23. The molecule has 1 atom stereocenters. The molecule has 0 aliphatic heterocycles. The molecule has 1 aromatic heterocycles. The SMILES string of the molecule is CCOC(C)(CC)c1n[nH]c(CCl)n1. The molecule has 0 aromatic carbocycles. The van der Waals surface area contributed by atoms with E-state index in [2.05, 4.69) is 15.2 Å². The van der Waals surface area contributed by atoms with Crippen LogP contribution in [0.25, 0.3) is 0 Å². The quantitative estimate of drug-likeness (QED) is 0.770. The summed E-state index contributed by atoms with van der Waals surface area (Å²) in [6.45, 7) is 6.64. The molecular formula is C9H16ClN3O. The van der Waals surface area contributed by atoms with Crippen molar-refractivity contribution in [3.05, 3.63) is 11.6 Å². The first-order chi connectivity index (χ1) is 6.66. The monoisotopic (exact) mass is 217 g/mol. The van der Waals surface area contributed by atoms with Crippen molar-refractivity contribution in [2.45, 2.75) is 38.7 Å². The number of ether oxygens (including phenoxy) is 1. The molecule has 0 spiro atoms. The topological polar surface area (TPSA) is 50.8 Å². The molecule has 14 heavy (non-hydrogen) atoms. The molecule has 4 nitrogen and oxygen atoms in total. The first-order valence-electron chi connectivity index (χ1n) is 4.78. The molecule has 1 aromatic rings. The van der Waals surface area contributed by atoms with Crippen LogP contribution >= 0.6 is 11.6 Å². The van der Waals surface area contributed by atoms with Gasteiger partial charge in [0.2, 0.25) is 0 Å². The van der Waals surface area contributed by atoms with E-state index in [1.165, 1.54) is 0 Å². The van der Waals surface area contributed by atoms with Gasteiger partial charge in [-0.3, -0.25) is 5.10 Å². The average Bonchev–Trinajstić information content (AvgIpc) is 2.66. The number of alkyl halides is 1. The minimum absolute atomic E-state index is 0.346. The van der Waals surface area contributed by atoms with Gasteiger partial charge >= 0.3 is 0 Å². The zero-order valence-corrected chi connectivity index (χ0v) is 9.56. The number of nitrogens with one attached hydrogen (secondary N) is 1. The van der Waals surface area contributed by atoms with Crippen molar-refractivity contribution in [1.82, 2.24) is 15.2 Å². The lowest BCUT2D eigenvalue weighted by Crippen LogP contribution is -2.26. The first-order valence-corrected chi connectivity index (χ1v) is 5.31. The van der Waals surface area contributed by atoms with E-state index in [-0.39, 0.29) is 0 Å². The Bertz CT molecular complexity index is 289. The van der Waals surface area contributed by atoms with Crippen LogP contribution in [0, 0.1) is 0 Å². The highest BCUT2D eigenvalue weighted by atomic mass is 35.5. The Kier molecular flexibility index (Phi) is 3.89. The van der Waals surface area contributed by atoms with Crippen molar-refractivity contribution in [1.29, 1.82) is 0 Å². The maximum absolute atomic E-state index is 5.64. The predicted octanol–water partition coefficient (Wildman–Crippen LogP) is 2.21. The second-order valence-corrected chi connectivity index (χ2v) is 3.52. The summed E-state index contributed by atoms with van der Waals surface area (Å²) in [7, 11) is 0. The summed E-state index contributed by atoms with van der Waals surface area (Å²) >= 11 is 5.64. The summed E-state index contributed by atoms with van der Waals surface area (Å²) in [5, 5.41) is 6.88. The molecule has 0 saturated carbocycles. The van der Waals surface area contributed by atoms with Gasteiger partial charge in [0.25, 0.3) is 0 Å². The fourth-order valence-corrected chi connectivity index (χ4v) is 1.35. The summed E-state index contributed by atoms with van der Waals surface area (Å²) in [5.41, 5.74) is -0.407. The highest BCUT2D eigenvalue weighted by molar-refractivity contribution is 6.16. The Balaban J connectivity index is 2.87. The van der Waals surface area contributed by atoms with Gasteiger partial charge in [-0.2, -0.15) is 5.10 Å². The molecular weight excluding hydrogens is 202 g/mol. The average molecular weight is 218 g/mol. The molecule has 0 bridgehead atoms.